The molecule has 0 heterocycles. The fourth-order valence-corrected chi connectivity index (χ4v) is 7.91. The third-order valence-electron chi connectivity index (χ3n) is 11.5. The van der Waals surface area contributed by atoms with Crippen molar-refractivity contribution < 1.29 is 0 Å². The Bertz CT molecular complexity index is 2750. The molecule has 322 valence electrons. The molecule has 0 saturated heterocycles. The number of benzene rings is 9. The molecule has 0 unspecified atom stereocenters. The highest BCUT2D eigenvalue weighted by Crippen LogP contribution is 2.36. The van der Waals surface area contributed by atoms with E-state index in [4.69, 9.17) is 10.2 Å². The van der Waals surface area contributed by atoms with Crippen molar-refractivity contribution in [3.05, 3.63) is 276 Å². The lowest BCUT2D eigenvalue weighted by Gasteiger charge is -2.26. The summed E-state index contributed by atoms with van der Waals surface area (Å²) in [4.78, 5) is 4.55. The fraction of sp³-hybridized carbons (Fsp3) is 0.0667. The lowest BCUT2D eigenvalue weighted by atomic mass is 10.1. The monoisotopic (exact) mass is 856 g/mol. The van der Waals surface area contributed by atoms with Gasteiger partial charge in [0.2, 0.25) is 0 Å². The lowest BCUT2D eigenvalue weighted by molar-refractivity contribution is 0.811. The van der Waals surface area contributed by atoms with Crippen LogP contribution in [0.1, 0.15) is 33.4 Å². The number of hydrogen-bond acceptors (Lipinski definition) is 6. The van der Waals surface area contributed by atoms with Crippen LogP contribution in [-0.2, 0) is 13.1 Å². The molecule has 6 heteroatoms. The van der Waals surface area contributed by atoms with Crippen LogP contribution in [0.4, 0.5) is 45.5 Å². The summed E-state index contributed by atoms with van der Waals surface area (Å²) >= 11 is 0. The molecular formula is C60H52N6. The van der Waals surface area contributed by atoms with E-state index >= 15 is 0 Å². The van der Waals surface area contributed by atoms with Crippen molar-refractivity contribution in [1.29, 1.82) is 0 Å². The Hall–Kier alpha value is -8.48. The number of hydrogen-bond donors (Lipinski definition) is 0. The van der Waals surface area contributed by atoms with E-state index in [-0.39, 0.29) is 0 Å². The Labute approximate surface area is 389 Å². The van der Waals surface area contributed by atoms with E-state index in [1.807, 2.05) is 24.6 Å². The molecule has 0 amide bonds. The number of anilines is 8. The van der Waals surface area contributed by atoms with Gasteiger partial charge in [0.1, 0.15) is 0 Å². The Morgan fingerprint density at radius 1 is 0.288 bits per heavy atom. The number of aryl methyl sites for hydroxylation is 2. The third kappa shape index (κ3) is 10.6. The maximum atomic E-state index is 5.12. The minimum atomic E-state index is 0.566. The summed E-state index contributed by atoms with van der Waals surface area (Å²) < 4.78 is 0. The topological polar surface area (TPSA) is 37.7 Å². The van der Waals surface area contributed by atoms with Gasteiger partial charge >= 0.3 is 0 Å². The van der Waals surface area contributed by atoms with Crippen LogP contribution in [0.2, 0.25) is 0 Å². The maximum absolute atomic E-state index is 5.12. The summed E-state index contributed by atoms with van der Waals surface area (Å²) in [5.41, 5.74) is 15.4. The summed E-state index contributed by atoms with van der Waals surface area (Å²) in [6.07, 6.45) is 3.90. The summed E-state index contributed by atoms with van der Waals surface area (Å²) in [5, 5.41) is 14.4. The molecule has 9 aromatic carbocycles. The van der Waals surface area contributed by atoms with Gasteiger partial charge in [-0.05, 0) is 133 Å². The van der Waals surface area contributed by atoms with E-state index in [9.17, 15) is 0 Å². The largest absolute Gasteiger partial charge is 0.311 e. The molecular weight excluding hydrogens is 805 g/mol. The molecule has 0 aliphatic rings. The van der Waals surface area contributed by atoms with E-state index in [2.05, 4.69) is 264 Å². The van der Waals surface area contributed by atoms with Crippen molar-refractivity contribution in [2.45, 2.75) is 26.9 Å². The number of para-hydroxylation sites is 4. The molecule has 0 N–H and O–H groups in total. The van der Waals surface area contributed by atoms with Crippen LogP contribution < -0.4 is 19.8 Å². The van der Waals surface area contributed by atoms with Gasteiger partial charge in [-0.1, -0.05) is 157 Å². The van der Waals surface area contributed by atoms with Crippen LogP contribution in [-0.4, -0.2) is 12.4 Å². The standard InChI is InChI=1S/C60H52N6/c1-47-27-35-57(36-28-47)65(55-23-11-5-12-24-55)59-39-31-49(32-40-59)43-61-63(53-19-7-3-8-20-53)45-51-17-15-16-18-52(51)46-64(54-21-9-4-10-22-54)62-44-50-33-41-60(42-34-50)66(56-25-13-6-14-26-56)58-37-29-48(2)30-38-58/h3-44H,45-46H2,1-2H3. The van der Waals surface area contributed by atoms with Gasteiger partial charge in [-0.3, -0.25) is 10.0 Å². The first-order valence-electron chi connectivity index (χ1n) is 22.4. The second kappa shape index (κ2) is 20.8. The molecule has 66 heavy (non-hydrogen) atoms. The molecule has 0 atom stereocenters. The van der Waals surface area contributed by atoms with Crippen LogP contribution in [0.15, 0.2) is 253 Å². The second-order valence-electron chi connectivity index (χ2n) is 16.2. The van der Waals surface area contributed by atoms with Gasteiger partial charge in [0.05, 0.1) is 36.9 Å². The zero-order valence-electron chi connectivity index (χ0n) is 37.3. The zero-order valence-corrected chi connectivity index (χ0v) is 37.3. The average molecular weight is 857 g/mol. The maximum Gasteiger partial charge on any atom is 0.0669 e. The summed E-state index contributed by atoms with van der Waals surface area (Å²) in [6, 6.07) is 84.8. The molecule has 6 nitrogen and oxygen atoms in total. The van der Waals surface area contributed by atoms with Gasteiger partial charge in [-0.15, -0.1) is 0 Å². The van der Waals surface area contributed by atoms with E-state index in [0.29, 0.717) is 13.1 Å². The first-order chi connectivity index (χ1) is 32.5. The minimum Gasteiger partial charge on any atom is -0.311 e. The van der Waals surface area contributed by atoms with Crippen molar-refractivity contribution in [2.75, 3.05) is 19.8 Å². The average Bonchev–Trinajstić information content (AvgIpc) is 3.38. The highest BCUT2D eigenvalue weighted by Gasteiger charge is 2.16. The molecule has 0 fully saturated rings. The van der Waals surface area contributed by atoms with Crippen molar-refractivity contribution in [1.82, 2.24) is 0 Å². The van der Waals surface area contributed by atoms with Crippen LogP contribution in [0.3, 0.4) is 0 Å². The zero-order chi connectivity index (χ0) is 44.9. The molecule has 0 bridgehead atoms. The first-order valence-corrected chi connectivity index (χ1v) is 22.4. The van der Waals surface area contributed by atoms with Crippen LogP contribution in [0.5, 0.6) is 0 Å². The van der Waals surface area contributed by atoms with Crippen LogP contribution in [0, 0.1) is 13.8 Å². The Morgan fingerprint density at radius 2 is 0.545 bits per heavy atom. The molecule has 0 aromatic heterocycles. The van der Waals surface area contributed by atoms with E-state index in [0.717, 1.165) is 67.8 Å². The highest BCUT2D eigenvalue weighted by atomic mass is 15.5. The normalized spacial score (nSPS) is 11.2. The molecule has 0 aliphatic heterocycles. The van der Waals surface area contributed by atoms with Gasteiger partial charge < -0.3 is 9.80 Å². The second-order valence-corrected chi connectivity index (χ2v) is 16.2. The predicted molar refractivity (Wildman–Crippen MR) is 279 cm³/mol. The van der Waals surface area contributed by atoms with Crippen LogP contribution in [0.25, 0.3) is 0 Å². The van der Waals surface area contributed by atoms with Gasteiger partial charge in [-0.2, -0.15) is 10.2 Å². The molecule has 0 aliphatic carbocycles. The molecule has 0 saturated carbocycles. The lowest BCUT2D eigenvalue weighted by Crippen LogP contribution is -2.21. The fourth-order valence-electron chi connectivity index (χ4n) is 7.91. The highest BCUT2D eigenvalue weighted by molar-refractivity contribution is 5.85. The van der Waals surface area contributed by atoms with E-state index in [1.165, 1.54) is 11.1 Å². The van der Waals surface area contributed by atoms with Gasteiger partial charge in [0.25, 0.3) is 0 Å². The molecule has 9 rings (SSSR count). The first kappa shape index (κ1) is 42.8. The minimum absolute atomic E-state index is 0.566. The molecule has 9 aromatic rings. The van der Waals surface area contributed by atoms with Crippen molar-refractivity contribution >= 4 is 57.9 Å². The Morgan fingerprint density at radius 3 is 0.864 bits per heavy atom. The Balaban J connectivity index is 0.961. The quantitative estimate of drug-likeness (QED) is 0.0717. The summed E-state index contributed by atoms with van der Waals surface area (Å²) in [6.45, 7) is 5.36. The number of hydrazone groups is 2. The number of nitrogens with zero attached hydrogens (tertiary/aromatic N) is 6. The molecule has 0 radical (unpaired) electrons. The van der Waals surface area contributed by atoms with Crippen molar-refractivity contribution in [3.8, 4) is 0 Å². The van der Waals surface area contributed by atoms with Gasteiger partial charge in [0.15, 0.2) is 0 Å². The SMILES string of the molecule is Cc1ccc(N(c2ccccc2)c2ccc(C=NN(Cc3ccccc3CN(N=Cc3ccc(N(c4ccccc4)c4ccc(C)cc4)cc3)c3ccccc3)c3ccccc3)cc2)cc1. The van der Waals surface area contributed by atoms with E-state index < -0.39 is 0 Å². The van der Waals surface area contributed by atoms with Gasteiger partial charge in [-0.25, -0.2) is 0 Å². The summed E-state index contributed by atoms with van der Waals surface area (Å²) in [5.74, 6) is 0. The molecule has 0 spiro atoms. The van der Waals surface area contributed by atoms with Gasteiger partial charge in [0, 0.05) is 34.1 Å². The predicted octanol–water partition coefficient (Wildman–Crippen LogP) is 15.3. The van der Waals surface area contributed by atoms with Crippen molar-refractivity contribution in [2.24, 2.45) is 10.2 Å². The number of rotatable bonds is 16. The van der Waals surface area contributed by atoms with Crippen LogP contribution >= 0.6 is 0 Å². The van der Waals surface area contributed by atoms with Crippen molar-refractivity contribution in [3.63, 3.8) is 0 Å². The van der Waals surface area contributed by atoms with E-state index in [1.54, 1.807) is 0 Å². The smallest absolute Gasteiger partial charge is 0.0669 e. The third-order valence-corrected chi connectivity index (χ3v) is 11.5. The Kier molecular flexibility index (Phi) is 13.5. The summed E-state index contributed by atoms with van der Waals surface area (Å²) in [7, 11) is 0.